The molecule has 2 fully saturated rings. The summed E-state index contributed by atoms with van der Waals surface area (Å²) in [5.41, 5.74) is 0.967. The van der Waals surface area contributed by atoms with E-state index >= 15 is 0 Å². The van der Waals surface area contributed by atoms with Crippen molar-refractivity contribution in [3.8, 4) is 0 Å². The zero-order valence-corrected chi connectivity index (χ0v) is 17.4. The maximum Gasteiger partial charge on any atom is 0.321 e. The number of rotatable bonds is 7. The van der Waals surface area contributed by atoms with Crippen LogP contribution < -0.4 is 10.6 Å². The molecule has 6 nitrogen and oxygen atoms in total. The predicted molar refractivity (Wildman–Crippen MR) is 111 cm³/mol. The number of carbonyl (C=O) groups excluding carboxylic acids is 2. The number of hydrogen-bond donors (Lipinski definition) is 2. The summed E-state index contributed by atoms with van der Waals surface area (Å²) in [4.78, 5) is 26.7. The van der Waals surface area contributed by atoms with E-state index in [9.17, 15) is 9.59 Å². The smallest absolute Gasteiger partial charge is 0.321 e. The molecule has 0 bridgehead atoms. The van der Waals surface area contributed by atoms with Crippen molar-refractivity contribution in [3.63, 3.8) is 0 Å². The lowest BCUT2D eigenvalue weighted by Gasteiger charge is -2.32. The fourth-order valence-electron chi connectivity index (χ4n) is 3.17. The monoisotopic (exact) mass is 407 g/mol. The molecule has 0 spiro atoms. The van der Waals surface area contributed by atoms with Gasteiger partial charge in [-0.1, -0.05) is 25.4 Å². The van der Waals surface area contributed by atoms with Crippen molar-refractivity contribution >= 4 is 29.2 Å². The Bertz CT molecular complexity index is 698. The van der Waals surface area contributed by atoms with Crippen LogP contribution in [0, 0.1) is 5.92 Å². The lowest BCUT2D eigenvalue weighted by atomic mass is 10.1. The average Bonchev–Trinajstić information content (AvgIpc) is 3.47. The molecule has 1 saturated carbocycles. The molecule has 1 aromatic carbocycles. The Morgan fingerprint density at radius 1 is 1.21 bits per heavy atom. The van der Waals surface area contributed by atoms with Crippen molar-refractivity contribution in [2.24, 2.45) is 5.92 Å². The summed E-state index contributed by atoms with van der Waals surface area (Å²) in [6.45, 7) is 6.49. The molecule has 1 aliphatic carbocycles. The first-order valence-electron chi connectivity index (χ1n) is 10.2. The third kappa shape index (κ3) is 6.11. The van der Waals surface area contributed by atoms with Gasteiger partial charge in [0.2, 0.25) is 0 Å². The van der Waals surface area contributed by atoms with E-state index in [4.69, 9.17) is 16.3 Å². The highest BCUT2D eigenvalue weighted by atomic mass is 35.5. The number of nitrogens with zero attached hydrogens (tertiary/aromatic N) is 1. The minimum absolute atomic E-state index is 0.156. The quantitative estimate of drug-likeness (QED) is 0.708. The van der Waals surface area contributed by atoms with E-state index in [0.29, 0.717) is 35.3 Å². The molecule has 1 saturated heterocycles. The maximum absolute atomic E-state index is 12.6. The van der Waals surface area contributed by atoms with E-state index in [1.807, 2.05) is 0 Å². The number of halogens is 1. The van der Waals surface area contributed by atoms with Gasteiger partial charge in [0.15, 0.2) is 0 Å². The molecule has 0 atom stereocenters. The summed E-state index contributed by atoms with van der Waals surface area (Å²) in [7, 11) is 0. The number of amides is 3. The second kappa shape index (κ2) is 9.61. The first-order chi connectivity index (χ1) is 13.4. The van der Waals surface area contributed by atoms with Gasteiger partial charge in [-0.3, -0.25) is 4.79 Å². The zero-order chi connectivity index (χ0) is 20.1. The van der Waals surface area contributed by atoms with Gasteiger partial charge in [-0.2, -0.15) is 0 Å². The van der Waals surface area contributed by atoms with Crippen molar-refractivity contribution in [2.75, 3.05) is 25.0 Å². The molecule has 1 aromatic rings. The fourth-order valence-corrected chi connectivity index (χ4v) is 3.37. The number of ether oxygens (including phenoxy) is 1. The molecule has 2 aliphatic rings. The van der Waals surface area contributed by atoms with Crippen LogP contribution in [-0.4, -0.2) is 48.7 Å². The van der Waals surface area contributed by atoms with Crippen molar-refractivity contribution in [3.05, 3.63) is 28.8 Å². The van der Waals surface area contributed by atoms with Crippen LogP contribution in [0.1, 0.15) is 56.3 Å². The molecule has 28 heavy (non-hydrogen) atoms. The van der Waals surface area contributed by atoms with Gasteiger partial charge in [-0.05, 0) is 56.2 Å². The van der Waals surface area contributed by atoms with Crippen molar-refractivity contribution < 1.29 is 14.3 Å². The van der Waals surface area contributed by atoms with Crippen LogP contribution in [0.25, 0.3) is 0 Å². The Hall–Kier alpha value is -1.79. The first kappa shape index (κ1) is 20.9. The summed E-state index contributed by atoms with van der Waals surface area (Å²) >= 11 is 6.16. The summed E-state index contributed by atoms with van der Waals surface area (Å²) in [6.07, 6.45) is 5.01. The van der Waals surface area contributed by atoms with E-state index in [0.717, 1.165) is 38.7 Å². The van der Waals surface area contributed by atoms with Gasteiger partial charge in [0.1, 0.15) is 0 Å². The van der Waals surface area contributed by atoms with Gasteiger partial charge in [0.05, 0.1) is 16.7 Å². The summed E-state index contributed by atoms with van der Waals surface area (Å²) in [5, 5.41) is 6.19. The van der Waals surface area contributed by atoms with Crippen LogP contribution in [0.5, 0.6) is 0 Å². The maximum atomic E-state index is 12.6. The van der Waals surface area contributed by atoms with Crippen molar-refractivity contribution in [1.82, 2.24) is 10.2 Å². The minimum atomic E-state index is -0.192. The fraction of sp³-hybridized carbons (Fsp3) is 0.619. The van der Waals surface area contributed by atoms with E-state index in [1.165, 1.54) is 0 Å². The third-order valence-corrected chi connectivity index (χ3v) is 5.48. The largest absolute Gasteiger partial charge is 0.378 e. The van der Waals surface area contributed by atoms with E-state index in [1.54, 1.807) is 23.1 Å². The van der Waals surface area contributed by atoms with Crippen LogP contribution >= 0.6 is 11.6 Å². The minimum Gasteiger partial charge on any atom is -0.378 e. The highest BCUT2D eigenvalue weighted by molar-refractivity contribution is 6.34. The Kier molecular flexibility index (Phi) is 7.18. The number of benzene rings is 1. The van der Waals surface area contributed by atoms with Gasteiger partial charge in [0, 0.05) is 31.4 Å². The highest BCUT2D eigenvalue weighted by Crippen LogP contribution is 2.24. The van der Waals surface area contributed by atoms with Gasteiger partial charge >= 0.3 is 6.03 Å². The molecule has 2 N–H and O–H groups in total. The number of hydrogen-bond acceptors (Lipinski definition) is 3. The third-order valence-electron chi connectivity index (χ3n) is 5.15. The lowest BCUT2D eigenvalue weighted by molar-refractivity contribution is 0.0112. The first-order valence-corrected chi connectivity index (χ1v) is 10.6. The molecule has 0 aromatic heterocycles. The zero-order valence-electron chi connectivity index (χ0n) is 16.7. The number of anilines is 1. The van der Waals surface area contributed by atoms with Crippen LogP contribution in [0.2, 0.25) is 5.02 Å². The molecule has 3 rings (SSSR count). The molecule has 154 valence electrons. The van der Waals surface area contributed by atoms with Gasteiger partial charge < -0.3 is 20.3 Å². The van der Waals surface area contributed by atoms with Gasteiger partial charge in [0.25, 0.3) is 5.91 Å². The Morgan fingerprint density at radius 3 is 2.57 bits per heavy atom. The molecule has 0 unspecified atom stereocenters. The van der Waals surface area contributed by atoms with E-state index < -0.39 is 0 Å². The van der Waals surface area contributed by atoms with E-state index in [2.05, 4.69) is 24.5 Å². The van der Waals surface area contributed by atoms with Gasteiger partial charge in [-0.25, -0.2) is 4.79 Å². The molecule has 7 heteroatoms. The standard InChI is InChI=1S/C21H30ClN3O3/c1-14(2)9-12-28-17-7-10-25(11-8-17)21(27)24-16-5-6-19(22)18(13-16)20(26)23-15-3-4-15/h5-6,13-15,17H,3-4,7-12H2,1-2H3,(H,23,26)(H,24,27). The molecular weight excluding hydrogens is 378 g/mol. The molecule has 0 radical (unpaired) electrons. The van der Waals surface area contributed by atoms with Crippen LogP contribution in [0.4, 0.5) is 10.5 Å². The van der Waals surface area contributed by atoms with Crippen LogP contribution in [0.15, 0.2) is 18.2 Å². The second-order valence-electron chi connectivity index (χ2n) is 8.11. The average molecular weight is 408 g/mol. The Morgan fingerprint density at radius 2 is 1.93 bits per heavy atom. The second-order valence-corrected chi connectivity index (χ2v) is 8.52. The Balaban J connectivity index is 1.49. The Labute approximate surface area is 171 Å². The molecular formula is C21H30ClN3O3. The van der Waals surface area contributed by atoms with Crippen molar-refractivity contribution in [1.29, 1.82) is 0 Å². The molecule has 1 aliphatic heterocycles. The normalized spacial score (nSPS) is 17.6. The van der Waals surface area contributed by atoms with Crippen LogP contribution in [0.3, 0.4) is 0 Å². The van der Waals surface area contributed by atoms with E-state index in [-0.39, 0.29) is 24.1 Å². The number of carbonyl (C=O) groups is 2. The van der Waals surface area contributed by atoms with Gasteiger partial charge in [-0.15, -0.1) is 0 Å². The van der Waals surface area contributed by atoms with Crippen molar-refractivity contribution in [2.45, 2.75) is 58.1 Å². The number of piperidine rings is 1. The molecule has 1 heterocycles. The number of likely N-dealkylation sites (tertiary alicyclic amines) is 1. The topological polar surface area (TPSA) is 70.7 Å². The van der Waals surface area contributed by atoms with Crippen LogP contribution in [-0.2, 0) is 4.74 Å². The highest BCUT2D eigenvalue weighted by Gasteiger charge is 2.26. The number of urea groups is 1. The summed E-state index contributed by atoms with van der Waals surface area (Å²) in [5.74, 6) is 0.449. The predicted octanol–water partition coefficient (Wildman–Crippen LogP) is 4.29. The SMILES string of the molecule is CC(C)CCOC1CCN(C(=O)Nc2ccc(Cl)c(C(=O)NC3CC3)c2)CC1. The lowest BCUT2D eigenvalue weighted by Crippen LogP contribution is -2.43. The number of nitrogens with one attached hydrogen (secondary N) is 2. The summed E-state index contributed by atoms with van der Waals surface area (Å²) in [6, 6.07) is 5.10. The molecule has 3 amide bonds. The summed E-state index contributed by atoms with van der Waals surface area (Å²) < 4.78 is 5.91.